The molecule has 0 unspecified atom stereocenters. The highest BCUT2D eigenvalue weighted by atomic mass is 16.5. The maximum absolute atomic E-state index is 7.47. The molecule has 2 aromatic rings. The van der Waals surface area contributed by atoms with Gasteiger partial charge in [0.2, 0.25) is 5.88 Å². The van der Waals surface area contributed by atoms with E-state index < -0.39 is 0 Å². The standard InChI is InChI=1S/C13H14N4O/c1-2-9-5-3-4-6-11(9)18-13-10(12(14)15)7-8-16-17-13/h3-8H,2H2,1H3,(H3,14,15). The topological polar surface area (TPSA) is 84.9 Å². The monoisotopic (exact) mass is 242 g/mol. The lowest BCUT2D eigenvalue weighted by Crippen LogP contribution is -2.13. The van der Waals surface area contributed by atoms with Crippen LogP contribution in [0.25, 0.3) is 0 Å². The summed E-state index contributed by atoms with van der Waals surface area (Å²) in [5.74, 6) is 0.878. The maximum atomic E-state index is 7.47. The fourth-order valence-corrected chi connectivity index (χ4v) is 1.60. The number of benzene rings is 1. The molecular weight excluding hydrogens is 228 g/mol. The van der Waals surface area contributed by atoms with Gasteiger partial charge in [0, 0.05) is 0 Å². The molecule has 0 amide bonds. The molecule has 18 heavy (non-hydrogen) atoms. The van der Waals surface area contributed by atoms with Gasteiger partial charge < -0.3 is 10.5 Å². The van der Waals surface area contributed by atoms with Crippen LogP contribution in [0.1, 0.15) is 18.1 Å². The van der Waals surface area contributed by atoms with Gasteiger partial charge >= 0.3 is 0 Å². The van der Waals surface area contributed by atoms with Gasteiger partial charge in [-0.1, -0.05) is 25.1 Å². The molecule has 92 valence electrons. The summed E-state index contributed by atoms with van der Waals surface area (Å²) in [4.78, 5) is 0. The fraction of sp³-hybridized carbons (Fsp3) is 0.154. The van der Waals surface area contributed by atoms with E-state index in [0.717, 1.165) is 12.0 Å². The van der Waals surface area contributed by atoms with Crippen LogP contribution in [0.15, 0.2) is 36.5 Å². The van der Waals surface area contributed by atoms with Crippen molar-refractivity contribution in [3.05, 3.63) is 47.7 Å². The van der Waals surface area contributed by atoms with Crippen LogP contribution in [-0.2, 0) is 6.42 Å². The van der Waals surface area contributed by atoms with Gasteiger partial charge in [0.25, 0.3) is 0 Å². The average Bonchev–Trinajstić information content (AvgIpc) is 2.40. The van der Waals surface area contributed by atoms with Crippen LogP contribution in [0.2, 0.25) is 0 Å². The molecule has 3 N–H and O–H groups in total. The fourth-order valence-electron chi connectivity index (χ4n) is 1.60. The molecule has 0 aliphatic heterocycles. The number of nitrogens with zero attached hydrogens (tertiary/aromatic N) is 2. The lowest BCUT2D eigenvalue weighted by Gasteiger charge is -2.10. The Morgan fingerprint density at radius 3 is 2.83 bits per heavy atom. The molecule has 0 fully saturated rings. The summed E-state index contributed by atoms with van der Waals surface area (Å²) < 4.78 is 5.70. The first-order valence-corrected chi connectivity index (χ1v) is 5.64. The van der Waals surface area contributed by atoms with Crippen molar-refractivity contribution in [2.75, 3.05) is 0 Å². The molecule has 1 aromatic heterocycles. The van der Waals surface area contributed by atoms with Gasteiger partial charge in [0.15, 0.2) is 0 Å². The molecule has 5 nitrogen and oxygen atoms in total. The van der Waals surface area contributed by atoms with Crippen LogP contribution in [0.5, 0.6) is 11.6 Å². The number of aromatic nitrogens is 2. The molecule has 0 aliphatic carbocycles. The van der Waals surface area contributed by atoms with Gasteiger partial charge in [0.1, 0.15) is 11.6 Å². The second-order valence-corrected chi connectivity index (χ2v) is 3.73. The van der Waals surface area contributed by atoms with E-state index in [0.29, 0.717) is 11.3 Å². The molecule has 0 saturated heterocycles. The van der Waals surface area contributed by atoms with Crippen LogP contribution in [0.4, 0.5) is 0 Å². The number of hydrogen-bond donors (Lipinski definition) is 2. The number of nitrogen functional groups attached to an aromatic ring is 1. The van der Waals surface area contributed by atoms with E-state index in [1.165, 1.54) is 6.20 Å². The zero-order valence-corrected chi connectivity index (χ0v) is 10.1. The van der Waals surface area contributed by atoms with Crippen molar-refractivity contribution < 1.29 is 4.74 Å². The van der Waals surface area contributed by atoms with Crippen LogP contribution in [0.3, 0.4) is 0 Å². The van der Waals surface area contributed by atoms with Gasteiger partial charge in [-0.25, -0.2) is 0 Å². The molecule has 0 bridgehead atoms. The number of para-hydroxylation sites is 1. The maximum Gasteiger partial charge on any atom is 0.249 e. The minimum absolute atomic E-state index is 0.0890. The number of nitrogens with two attached hydrogens (primary N) is 1. The Labute approximate surface area is 105 Å². The zero-order chi connectivity index (χ0) is 13.0. The van der Waals surface area contributed by atoms with Gasteiger partial charge in [-0.05, 0) is 24.1 Å². The van der Waals surface area contributed by atoms with Crippen molar-refractivity contribution in [3.63, 3.8) is 0 Å². The molecular formula is C13H14N4O. The Bertz CT molecular complexity index is 568. The highest BCUT2D eigenvalue weighted by Gasteiger charge is 2.11. The molecule has 1 heterocycles. The predicted octanol–water partition coefficient (Wildman–Crippen LogP) is 2.12. The van der Waals surface area contributed by atoms with Crippen molar-refractivity contribution in [1.82, 2.24) is 10.2 Å². The Balaban J connectivity index is 2.37. The Hall–Kier alpha value is -2.43. The molecule has 0 spiro atoms. The average molecular weight is 242 g/mol. The first kappa shape index (κ1) is 12.0. The predicted molar refractivity (Wildman–Crippen MR) is 68.9 cm³/mol. The number of nitrogens with one attached hydrogen (secondary N) is 1. The summed E-state index contributed by atoms with van der Waals surface area (Å²) in [5, 5.41) is 15.1. The third-order valence-electron chi connectivity index (χ3n) is 2.54. The molecule has 0 radical (unpaired) electrons. The van der Waals surface area contributed by atoms with E-state index in [9.17, 15) is 0 Å². The summed E-state index contributed by atoms with van der Waals surface area (Å²) in [6.45, 7) is 2.05. The molecule has 0 aliphatic rings. The van der Waals surface area contributed by atoms with Crippen molar-refractivity contribution in [2.24, 2.45) is 5.73 Å². The first-order chi connectivity index (χ1) is 8.72. The van der Waals surface area contributed by atoms with Crippen molar-refractivity contribution in [2.45, 2.75) is 13.3 Å². The van der Waals surface area contributed by atoms with Crippen LogP contribution in [-0.4, -0.2) is 16.0 Å². The minimum atomic E-state index is -0.0890. The summed E-state index contributed by atoms with van der Waals surface area (Å²) in [7, 11) is 0. The number of rotatable bonds is 4. The van der Waals surface area contributed by atoms with Crippen molar-refractivity contribution in [3.8, 4) is 11.6 Å². The number of aryl methyl sites for hydroxylation is 1. The van der Waals surface area contributed by atoms with E-state index in [4.69, 9.17) is 15.9 Å². The SMILES string of the molecule is CCc1ccccc1Oc1nnccc1C(=N)N. The molecule has 2 rings (SSSR count). The van der Waals surface area contributed by atoms with Gasteiger partial charge in [-0.15, -0.1) is 5.10 Å². The number of hydrogen-bond acceptors (Lipinski definition) is 4. The quantitative estimate of drug-likeness (QED) is 0.635. The molecule has 5 heteroatoms. The Morgan fingerprint density at radius 1 is 1.33 bits per heavy atom. The lowest BCUT2D eigenvalue weighted by molar-refractivity contribution is 0.449. The van der Waals surface area contributed by atoms with Crippen molar-refractivity contribution >= 4 is 5.84 Å². The van der Waals surface area contributed by atoms with Crippen LogP contribution >= 0.6 is 0 Å². The Kier molecular flexibility index (Phi) is 3.52. The summed E-state index contributed by atoms with van der Waals surface area (Å²) in [6, 6.07) is 9.29. The third-order valence-corrected chi connectivity index (χ3v) is 2.54. The second-order valence-electron chi connectivity index (χ2n) is 3.73. The molecule has 0 atom stereocenters. The van der Waals surface area contributed by atoms with Crippen LogP contribution in [0, 0.1) is 5.41 Å². The third kappa shape index (κ3) is 2.45. The summed E-state index contributed by atoms with van der Waals surface area (Å²) >= 11 is 0. The van der Waals surface area contributed by atoms with E-state index in [-0.39, 0.29) is 11.7 Å². The smallest absolute Gasteiger partial charge is 0.249 e. The van der Waals surface area contributed by atoms with Gasteiger partial charge in [-0.2, -0.15) is 5.10 Å². The van der Waals surface area contributed by atoms with Crippen molar-refractivity contribution in [1.29, 1.82) is 5.41 Å². The largest absolute Gasteiger partial charge is 0.437 e. The molecule has 1 aromatic carbocycles. The van der Waals surface area contributed by atoms with Gasteiger partial charge in [-0.3, -0.25) is 5.41 Å². The van der Waals surface area contributed by atoms with Gasteiger partial charge in [0.05, 0.1) is 11.8 Å². The number of ether oxygens (including phenoxy) is 1. The lowest BCUT2D eigenvalue weighted by atomic mass is 10.1. The highest BCUT2D eigenvalue weighted by Crippen LogP contribution is 2.25. The van der Waals surface area contributed by atoms with E-state index in [2.05, 4.69) is 10.2 Å². The zero-order valence-electron chi connectivity index (χ0n) is 10.1. The minimum Gasteiger partial charge on any atom is -0.437 e. The van der Waals surface area contributed by atoms with E-state index in [1.54, 1.807) is 6.07 Å². The molecule has 0 saturated carbocycles. The Morgan fingerprint density at radius 2 is 2.11 bits per heavy atom. The normalized spacial score (nSPS) is 10.1. The van der Waals surface area contributed by atoms with E-state index in [1.807, 2.05) is 31.2 Å². The number of amidine groups is 1. The summed E-state index contributed by atoms with van der Waals surface area (Å²) in [5.41, 5.74) is 6.98. The van der Waals surface area contributed by atoms with E-state index >= 15 is 0 Å². The summed E-state index contributed by atoms with van der Waals surface area (Å²) in [6.07, 6.45) is 2.33. The van der Waals surface area contributed by atoms with Crippen LogP contribution < -0.4 is 10.5 Å². The first-order valence-electron chi connectivity index (χ1n) is 5.64. The second kappa shape index (κ2) is 5.27. The highest BCUT2D eigenvalue weighted by molar-refractivity contribution is 5.96.